The van der Waals surface area contributed by atoms with Gasteiger partial charge in [0, 0.05) is 23.3 Å². The molecule has 29 heavy (non-hydrogen) atoms. The molecular weight excluding hydrogens is 382 g/mol. The highest BCUT2D eigenvalue weighted by atomic mass is 32.2. The van der Waals surface area contributed by atoms with Crippen LogP contribution < -0.4 is 10.1 Å². The summed E-state index contributed by atoms with van der Waals surface area (Å²) >= 11 is 1.33. The first kappa shape index (κ1) is 20.7. The summed E-state index contributed by atoms with van der Waals surface area (Å²) in [6, 6.07) is 11.3. The molecule has 0 bridgehead atoms. The molecule has 2 aromatic heterocycles. The highest BCUT2D eigenvalue weighted by molar-refractivity contribution is 7.99. The van der Waals surface area contributed by atoms with Gasteiger partial charge in [-0.3, -0.25) is 14.8 Å². The van der Waals surface area contributed by atoms with E-state index in [2.05, 4.69) is 21.2 Å². The molecule has 1 aromatic carbocycles. The van der Waals surface area contributed by atoms with Crippen LogP contribution in [-0.2, 0) is 10.3 Å². The van der Waals surface area contributed by atoms with Crippen LogP contribution in [0.5, 0.6) is 5.75 Å². The van der Waals surface area contributed by atoms with Gasteiger partial charge in [-0.25, -0.2) is 0 Å². The number of hydrogen-bond donors (Lipinski definition) is 1. The molecule has 1 unspecified atom stereocenters. The fourth-order valence-corrected chi connectivity index (χ4v) is 3.52. The molecule has 0 saturated heterocycles. The molecule has 0 spiro atoms. The van der Waals surface area contributed by atoms with Crippen LogP contribution in [0.4, 0.5) is 0 Å². The van der Waals surface area contributed by atoms with Gasteiger partial charge in [-0.1, -0.05) is 12.0 Å². The molecule has 148 valence electrons. The first-order chi connectivity index (χ1) is 13.8. The number of rotatable bonds is 6. The van der Waals surface area contributed by atoms with Gasteiger partial charge >= 0.3 is 0 Å². The number of hydrogen-bond acceptors (Lipinski definition) is 5. The predicted molar refractivity (Wildman–Crippen MR) is 118 cm³/mol. The molecule has 0 aliphatic rings. The minimum Gasteiger partial charge on any atom is -0.470 e. The summed E-state index contributed by atoms with van der Waals surface area (Å²) in [5.74, 6) is 2.96. The Balaban J connectivity index is 1.82. The number of carbonyl (C=O) groups excluding carboxylic acids is 1. The third-order valence-electron chi connectivity index (χ3n) is 4.53. The van der Waals surface area contributed by atoms with Crippen LogP contribution in [0, 0.1) is 19.3 Å². The van der Waals surface area contributed by atoms with Gasteiger partial charge in [0.2, 0.25) is 5.44 Å². The van der Waals surface area contributed by atoms with E-state index in [0.717, 1.165) is 22.2 Å². The summed E-state index contributed by atoms with van der Waals surface area (Å²) in [5.41, 5.74) is 1.96. The molecule has 3 rings (SSSR count). The van der Waals surface area contributed by atoms with Crippen molar-refractivity contribution in [3.63, 3.8) is 0 Å². The van der Waals surface area contributed by atoms with E-state index in [9.17, 15) is 4.79 Å². The minimum atomic E-state index is -0.710. The lowest BCUT2D eigenvalue weighted by molar-refractivity contribution is -0.126. The standard InChI is InChI=1S/C23H23N3O2S/c1-6-16-12-17-13-18(11-15(2)20(17)25-14-16)28-22(29-5)21(27)26-23(3,4)19-9-7-8-10-24-19/h1,7-14,22H,2-5H3,(H,26,27). The van der Waals surface area contributed by atoms with Gasteiger partial charge in [-0.2, -0.15) is 0 Å². The Bertz CT molecular complexity index is 1070. The van der Waals surface area contributed by atoms with E-state index in [-0.39, 0.29) is 5.91 Å². The van der Waals surface area contributed by atoms with E-state index in [1.807, 2.05) is 63.4 Å². The van der Waals surface area contributed by atoms with Crippen LogP contribution in [0.25, 0.3) is 10.9 Å². The molecule has 0 aliphatic heterocycles. The van der Waals surface area contributed by atoms with Crippen LogP contribution >= 0.6 is 11.8 Å². The number of terminal acetylenes is 1. The van der Waals surface area contributed by atoms with Crippen LogP contribution in [0.2, 0.25) is 0 Å². The van der Waals surface area contributed by atoms with Gasteiger partial charge in [-0.05, 0) is 62.9 Å². The van der Waals surface area contributed by atoms with Gasteiger partial charge in [0.05, 0.1) is 16.7 Å². The lowest BCUT2D eigenvalue weighted by Crippen LogP contribution is -2.47. The third kappa shape index (κ3) is 4.69. The van der Waals surface area contributed by atoms with E-state index in [1.54, 1.807) is 12.4 Å². The number of aryl methyl sites for hydroxylation is 1. The fourth-order valence-electron chi connectivity index (χ4n) is 3.04. The summed E-state index contributed by atoms with van der Waals surface area (Å²) in [4.78, 5) is 21.7. The molecule has 0 saturated carbocycles. The monoisotopic (exact) mass is 405 g/mol. The van der Waals surface area contributed by atoms with Gasteiger partial charge in [0.1, 0.15) is 5.75 Å². The second-order valence-electron chi connectivity index (χ2n) is 7.19. The van der Waals surface area contributed by atoms with Crippen molar-refractivity contribution in [1.82, 2.24) is 15.3 Å². The molecule has 1 atom stereocenters. The predicted octanol–water partition coefficient (Wildman–Crippen LogP) is 4.04. The Morgan fingerprint density at radius 2 is 2.07 bits per heavy atom. The summed E-state index contributed by atoms with van der Waals surface area (Å²) in [5, 5.41) is 3.91. The number of aromatic nitrogens is 2. The maximum atomic E-state index is 12.9. The number of amides is 1. The molecule has 0 aliphatic carbocycles. The van der Waals surface area contributed by atoms with Crippen molar-refractivity contribution in [3.05, 3.63) is 65.6 Å². The van der Waals surface area contributed by atoms with Crippen molar-refractivity contribution < 1.29 is 9.53 Å². The average Bonchev–Trinajstić information content (AvgIpc) is 2.71. The number of ether oxygens (including phenoxy) is 1. The zero-order valence-corrected chi connectivity index (χ0v) is 17.7. The highest BCUT2D eigenvalue weighted by Gasteiger charge is 2.29. The Morgan fingerprint density at radius 3 is 2.72 bits per heavy atom. The molecule has 6 heteroatoms. The molecule has 5 nitrogen and oxygen atoms in total. The zero-order chi connectivity index (χ0) is 21.0. The van der Waals surface area contributed by atoms with E-state index >= 15 is 0 Å². The van der Waals surface area contributed by atoms with Gasteiger partial charge < -0.3 is 10.1 Å². The van der Waals surface area contributed by atoms with Crippen molar-refractivity contribution >= 4 is 28.6 Å². The van der Waals surface area contributed by atoms with Crippen LogP contribution in [0.1, 0.15) is 30.7 Å². The third-order valence-corrected chi connectivity index (χ3v) is 5.26. The number of carbonyl (C=O) groups is 1. The van der Waals surface area contributed by atoms with Crippen molar-refractivity contribution in [3.8, 4) is 18.1 Å². The SMILES string of the molecule is C#Cc1cnc2c(C)cc(OC(SC)C(=O)NC(C)(C)c3ccccn3)cc2c1. The lowest BCUT2D eigenvalue weighted by atomic mass is 10.00. The Kier molecular flexibility index (Phi) is 6.09. The maximum absolute atomic E-state index is 12.9. The molecule has 1 amide bonds. The average molecular weight is 406 g/mol. The number of fused-ring (bicyclic) bond motifs is 1. The molecule has 0 radical (unpaired) electrons. The van der Waals surface area contributed by atoms with Gasteiger partial charge in [0.25, 0.3) is 5.91 Å². The van der Waals surface area contributed by atoms with Crippen molar-refractivity contribution in [2.75, 3.05) is 6.26 Å². The Morgan fingerprint density at radius 1 is 1.28 bits per heavy atom. The highest BCUT2D eigenvalue weighted by Crippen LogP contribution is 2.27. The zero-order valence-electron chi connectivity index (χ0n) is 16.9. The number of nitrogens with one attached hydrogen (secondary N) is 1. The van der Waals surface area contributed by atoms with Gasteiger partial charge in [0.15, 0.2) is 0 Å². The van der Waals surface area contributed by atoms with E-state index < -0.39 is 11.0 Å². The summed E-state index contributed by atoms with van der Waals surface area (Å²) in [7, 11) is 0. The van der Waals surface area contributed by atoms with Crippen molar-refractivity contribution in [2.45, 2.75) is 31.7 Å². The van der Waals surface area contributed by atoms with Crippen molar-refractivity contribution in [1.29, 1.82) is 0 Å². The number of pyridine rings is 2. The Hall–Kier alpha value is -3.04. The van der Waals surface area contributed by atoms with E-state index in [1.165, 1.54) is 11.8 Å². The number of nitrogens with zero attached hydrogens (tertiary/aromatic N) is 2. The normalized spacial score (nSPS) is 12.2. The second-order valence-corrected chi connectivity index (χ2v) is 8.09. The first-order valence-electron chi connectivity index (χ1n) is 9.14. The van der Waals surface area contributed by atoms with Crippen LogP contribution in [0.15, 0.2) is 48.8 Å². The number of benzene rings is 1. The first-order valence-corrected chi connectivity index (χ1v) is 10.4. The van der Waals surface area contributed by atoms with Gasteiger partial charge in [-0.15, -0.1) is 18.2 Å². The molecule has 2 heterocycles. The quantitative estimate of drug-likeness (QED) is 0.495. The van der Waals surface area contributed by atoms with Crippen LogP contribution in [0.3, 0.4) is 0 Å². The maximum Gasteiger partial charge on any atom is 0.272 e. The van der Waals surface area contributed by atoms with E-state index in [0.29, 0.717) is 11.3 Å². The smallest absolute Gasteiger partial charge is 0.272 e. The fraction of sp³-hybridized carbons (Fsp3) is 0.261. The molecule has 1 N–H and O–H groups in total. The number of thioether (sulfide) groups is 1. The minimum absolute atomic E-state index is 0.221. The Labute approximate surface area is 175 Å². The second kappa shape index (κ2) is 8.54. The van der Waals surface area contributed by atoms with Crippen LogP contribution in [-0.4, -0.2) is 27.6 Å². The molecule has 3 aromatic rings. The summed E-state index contributed by atoms with van der Waals surface area (Å²) < 4.78 is 6.02. The largest absolute Gasteiger partial charge is 0.470 e. The topological polar surface area (TPSA) is 64.1 Å². The van der Waals surface area contributed by atoms with Crippen molar-refractivity contribution in [2.24, 2.45) is 0 Å². The summed E-state index contributed by atoms with van der Waals surface area (Å²) in [6.45, 7) is 5.78. The molecular formula is C23H23N3O2S. The van der Waals surface area contributed by atoms with E-state index in [4.69, 9.17) is 11.2 Å². The molecule has 0 fully saturated rings. The summed E-state index contributed by atoms with van der Waals surface area (Å²) in [6.07, 6.45) is 10.7. The lowest BCUT2D eigenvalue weighted by Gasteiger charge is -2.28.